The Balaban J connectivity index is 1.30. The van der Waals surface area contributed by atoms with Crippen molar-refractivity contribution in [2.45, 2.75) is 39.0 Å². The Morgan fingerprint density at radius 3 is 2.62 bits per heavy atom. The summed E-state index contributed by atoms with van der Waals surface area (Å²) in [6.45, 7) is 5.52. The van der Waals surface area contributed by atoms with Gasteiger partial charge in [0.25, 0.3) is 5.91 Å². The molecule has 2 heterocycles. The molecular formula is C28H25N5O3S. The summed E-state index contributed by atoms with van der Waals surface area (Å²) in [6, 6.07) is 18.3. The molecule has 2 N–H and O–H groups in total. The SMILES string of the molecule is Cc1c(C(=O)Nc2cccc(Oc3ccc4nc(NC(=O)C5CC5)sc4n3)c2)cccc1C(C)(C)C#N. The normalized spacial score (nSPS) is 13.1. The van der Waals surface area contributed by atoms with Gasteiger partial charge in [0.2, 0.25) is 11.8 Å². The number of hydrogen-bond donors (Lipinski definition) is 2. The van der Waals surface area contributed by atoms with Crippen molar-refractivity contribution < 1.29 is 14.3 Å². The molecule has 0 bridgehead atoms. The highest BCUT2D eigenvalue weighted by Gasteiger charge is 2.30. The van der Waals surface area contributed by atoms with Crippen molar-refractivity contribution in [1.82, 2.24) is 9.97 Å². The lowest BCUT2D eigenvalue weighted by atomic mass is 9.82. The van der Waals surface area contributed by atoms with Crippen molar-refractivity contribution in [3.05, 3.63) is 71.3 Å². The molecule has 5 rings (SSSR count). The zero-order chi connectivity index (χ0) is 26.2. The highest BCUT2D eigenvalue weighted by atomic mass is 32.1. The highest BCUT2D eigenvalue weighted by Crippen LogP contribution is 2.33. The maximum atomic E-state index is 13.1. The van der Waals surface area contributed by atoms with E-state index in [0.717, 1.165) is 24.0 Å². The lowest BCUT2D eigenvalue weighted by molar-refractivity contribution is -0.117. The zero-order valence-corrected chi connectivity index (χ0v) is 21.5. The van der Waals surface area contributed by atoms with Crippen molar-refractivity contribution in [2.24, 2.45) is 5.92 Å². The van der Waals surface area contributed by atoms with Crippen LogP contribution in [-0.4, -0.2) is 21.8 Å². The van der Waals surface area contributed by atoms with Crippen LogP contribution in [0.3, 0.4) is 0 Å². The molecule has 2 aromatic carbocycles. The van der Waals surface area contributed by atoms with Gasteiger partial charge in [0.1, 0.15) is 16.1 Å². The number of fused-ring (bicyclic) bond motifs is 1. The molecule has 1 aliphatic carbocycles. The molecule has 1 saturated carbocycles. The molecule has 0 atom stereocenters. The van der Waals surface area contributed by atoms with Gasteiger partial charge in [0, 0.05) is 29.3 Å². The molecule has 1 fully saturated rings. The Morgan fingerprint density at radius 2 is 1.86 bits per heavy atom. The quantitative estimate of drug-likeness (QED) is 0.305. The van der Waals surface area contributed by atoms with Crippen LogP contribution in [0.2, 0.25) is 0 Å². The molecular weight excluding hydrogens is 486 g/mol. The van der Waals surface area contributed by atoms with E-state index in [1.165, 1.54) is 11.3 Å². The van der Waals surface area contributed by atoms with Crippen LogP contribution in [0.5, 0.6) is 11.6 Å². The summed E-state index contributed by atoms with van der Waals surface area (Å²) < 4.78 is 5.95. The molecule has 186 valence electrons. The average molecular weight is 512 g/mol. The number of aromatic nitrogens is 2. The van der Waals surface area contributed by atoms with Crippen molar-refractivity contribution in [2.75, 3.05) is 10.6 Å². The Bertz CT molecular complexity index is 1570. The van der Waals surface area contributed by atoms with Crippen molar-refractivity contribution in [3.63, 3.8) is 0 Å². The number of nitrogens with one attached hydrogen (secondary N) is 2. The van der Waals surface area contributed by atoms with Gasteiger partial charge in [-0.3, -0.25) is 9.59 Å². The van der Waals surface area contributed by atoms with Crippen LogP contribution < -0.4 is 15.4 Å². The van der Waals surface area contributed by atoms with Crippen molar-refractivity contribution in [1.29, 1.82) is 5.26 Å². The van der Waals surface area contributed by atoms with Crippen LogP contribution in [0, 0.1) is 24.2 Å². The van der Waals surface area contributed by atoms with E-state index in [1.807, 2.05) is 26.8 Å². The van der Waals surface area contributed by atoms with E-state index in [0.29, 0.717) is 38.4 Å². The number of carbonyl (C=O) groups is 2. The van der Waals surface area contributed by atoms with E-state index in [9.17, 15) is 14.9 Å². The Kier molecular flexibility index (Phi) is 6.36. The molecule has 4 aromatic rings. The fraction of sp³-hybridized carbons (Fsp3) is 0.250. The van der Waals surface area contributed by atoms with Gasteiger partial charge >= 0.3 is 0 Å². The smallest absolute Gasteiger partial charge is 0.255 e. The summed E-state index contributed by atoms with van der Waals surface area (Å²) in [7, 11) is 0. The first-order chi connectivity index (χ1) is 17.7. The van der Waals surface area contributed by atoms with Crippen LogP contribution >= 0.6 is 11.3 Å². The minimum Gasteiger partial charge on any atom is -0.439 e. The molecule has 1 aliphatic rings. The molecule has 2 amide bonds. The Labute approximate surface area is 218 Å². The maximum absolute atomic E-state index is 13.1. The minimum atomic E-state index is -0.704. The summed E-state index contributed by atoms with van der Waals surface area (Å²) >= 11 is 1.30. The Morgan fingerprint density at radius 1 is 1.08 bits per heavy atom. The number of nitrogens with zero attached hydrogens (tertiary/aromatic N) is 3. The van der Waals surface area contributed by atoms with Gasteiger partial charge in [0.05, 0.1) is 11.5 Å². The van der Waals surface area contributed by atoms with Gasteiger partial charge in [-0.15, -0.1) is 0 Å². The largest absolute Gasteiger partial charge is 0.439 e. The number of amides is 2. The van der Waals surface area contributed by atoms with Crippen LogP contribution in [0.25, 0.3) is 10.3 Å². The first-order valence-corrected chi connectivity index (χ1v) is 12.7. The molecule has 37 heavy (non-hydrogen) atoms. The van der Waals surface area contributed by atoms with Crippen LogP contribution in [-0.2, 0) is 10.2 Å². The van der Waals surface area contributed by atoms with Gasteiger partial charge in [0.15, 0.2) is 5.13 Å². The first-order valence-electron chi connectivity index (χ1n) is 11.9. The van der Waals surface area contributed by atoms with Crippen molar-refractivity contribution in [3.8, 4) is 17.7 Å². The average Bonchev–Trinajstić information content (AvgIpc) is 3.65. The van der Waals surface area contributed by atoms with Crippen molar-refractivity contribution >= 4 is 44.3 Å². The van der Waals surface area contributed by atoms with Crippen LogP contribution in [0.15, 0.2) is 54.6 Å². The van der Waals surface area contributed by atoms with Gasteiger partial charge < -0.3 is 15.4 Å². The third-order valence-corrected chi connectivity index (χ3v) is 7.13. The topological polar surface area (TPSA) is 117 Å². The summed E-state index contributed by atoms with van der Waals surface area (Å²) in [5.74, 6) is 0.721. The molecule has 0 aliphatic heterocycles. The molecule has 2 aromatic heterocycles. The number of anilines is 2. The Hall–Kier alpha value is -4.29. The molecule has 8 nitrogen and oxygen atoms in total. The predicted molar refractivity (Wildman–Crippen MR) is 143 cm³/mol. The number of nitriles is 1. The van der Waals surface area contributed by atoms with E-state index in [1.54, 1.807) is 48.5 Å². The summed E-state index contributed by atoms with van der Waals surface area (Å²) in [4.78, 5) is 34.7. The monoisotopic (exact) mass is 511 g/mol. The van der Waals surface area contributed by atoms with Crippen LogP contribution in [0.4, 0.5) is 10.8 Å². The first kappa shape index (κ1) is 24.4. The molecule has 0 saturated heterocycles. The summed E-state index contributed by atoms with van der Waals surface area (Å²) in [6.07, 6.45) is 1.86. The van der Waals surface area contributed by atoms with Gasteiger partial charge in [-0.25, -0.2) is 9.97 Å². The second kappa shape index (κ2) is 9.64. The highest BCUT2D eigenvalue weighted by molar-refractivity contribution is 7.21. The number of ether oxygens (including phenoxy) is 1. The predicted octanol–water partition coefficient (Wildman–Crippen LogP) is 6.19. The number of rotatable bonds is 7. The number of carbonyl (C=O) groups excluding carboxylic acids is 2. The molecule has 9 heteroatoms. The maximum Gasteiger partial charge on any atom is 0.255 e. The second-order valence-corrected chi connectivity index (χ2v) is 10.5. The van der Waals surface area contributed by atoms with E-state index in [-0.39, 0.29) is 17.7 Å². The lowest BCUT2D eigenvalue weighted by Crippen LogP contribution is -2.20. The fourth-order valence-corrected chi connectivity index (χ4v) is 4.87. The fourth-order valence-electron chi connectivity index (χ4n) is 4.04. The van der Waals surface area contributed by atoms with E-state index in [2.05, 4.69) is 26.7 Å². The number of hydrogen-bond acceptors (Lipinski definition) is 7. The van der Waals surface area contributed by atoms with Gasteiger partial charge in [-0.2, -0.15) is 5.26 Å². The van der Waals surface area contributed by atoms with E-state index >= 15 is 0 Å². The standard InChI is InChI=1S/C28H25N5O3S/c1-16-20(8-5-9-21(16)28(2,3)15-29)25(35)30-18-6-4-7-19(14-18)36-23-13-12-22-26(32-23)37-27(31-22)33-24(34)17-10-11-17/h4-9,12-14,17H,10-11H2,1-3H3,(H,30,35)(H,31,33,34). The minimum absolute atomic E-state index is 0.00471. The second-order valence-electron chi connectivity index (χ2n) is 9.56. The van der Waals surface area contributed by atoms with Gasteiger partial charge in [-0.1, -0.05) is 29.5 Å². The molecule has 0 unspecified atom stereocenters. The molecule has 0 spiro atoms. The third kappa shape index (κ3) is 5.29. The van der Waals surface area contributed by atoms with Crippen LogP contribution in [0.1, 0.15) is 48.2 Å². The molecule has 0 radical (unpaired) electrons. The van der Waals surface area contributed by atoms with E-state index in [4.69, 9.17) is 4.74 Å². The number of pyridine rings is 1. The number of benzene rings is 2. The summed E-state index contributed by atoms with van der Waals surface area (Å²) in [5.41, 5.74) is 2.64. The van der Waals surface area contributed by atoms with E-state index < -0.39 is 5.41 Å². The van der Waals surface area contributed by atoms with Gasteiger partial charge in [-0.05, 0) is 69.0 Å². The zero-order valence-electron chi connectivity index (χ0n) is 20.7. The number of thiazole rings is 1. The summed E-state index contributed by atoms with van der Waals surface area (Å²) in [5, 5.41) is 15.8. The third-order valence-electron chi connectivity index (χ3n) is 6.25. The lowest BCUT2D eigenvalue weighted by Gasteiger charge is -2.20.